The van der Waals surface area contributed by atoms with Crippen molar-refractivity contribution in [2.45, 2.75) is 24.7 Å². The van der Waals surface area contributed by atoms with Crippen molar-refractivity contribution >= 4 is 11.4 Å². The van der Waals surface area contributed by atoms with Crippen molar-refractivity contribution in [1.29, 1.82) is 5.26 Å². The molecule has 3 atom stereocenters. The number of rotatable bonds is 2. The van der Waals surface area contributed by atoms with Crippen LogP contribution in [0.4, 0.5) is 32.0 Å². The van der Waals surface area contributed by atoms with Crippen LogP contribution in [0.1, 0.15) is 5.56 Å². The summed E-state index contributed by atoms with van der Waals surface area (Å²) in [6.07, 6.45) is -14.0. The molecule has 12 heteroatoms. The van der Waals surface area contributed by atoms with Crippen LogP contribution in [0.15, 0.2) is 23.6 Å². The van der Waals surface area contributed by atoms with Crippen molar-refractivity contribution < 1.29 is 36.6 Å². The summed E-state index contributed by atoms with van der Waals surface area (Å²) in [5, 5.41) is 31.8. The lowest BCUT2D eigenvalue weighted by molar-refractivity contribution is -0.218. The van der Waals surface area contributed by atoms with Crippen LogP contribution in [0, 0.1) is 17.2 Å². The maximum absolute atomic E-state index is 12.7. The average molecular weight is 354 g/mol. The zero-order valence-electron chi connectivity index (χ0n) is 11.4. The largest absolute Gasteiger partial charge is 0.417 e. The Hall–Kier alpha value is -2.39. The van der Waals surface area contributed by atoms with Crippen LogP contribution in [0.2, 0.25) is 0 Å². The molecule has 24 heavy (non-hydrogen) atoms. The smallest absolute Gasteiger partial charge is 0.383 e. The number of hydrazone groups is 1. The van der Waals surface area contributed by atoms with Crippen molar-refractivity contribution in [2.75, 3.05) is 5.01 Å². The standard InChI is InChI=1S/C12H8F6N4O2/c13-11(14,15)5-1-6(4-20-3-5)22-10(24)8(7(2-19)21-22)9(23)12(16,17)18/h1,3-4,8-10,23-24H. The Morgan fingerprint density at radius 1 is 1.21 bits per heavy atom. The molecule has 0 aromatic carbocycles. The Morgan fingerprint density at radius 3 is 2.33 bits per heavy atom. The summed E-state index contributed by atoms with van der Waals surface area (Å²) in [7, 11) is 0. The molecule has 1 aliphatic rings. The Morgan fingerprint density at radius 2 is 1.83 bits per heavy atom. The molecule has 1 aliphatic heterocycles. The van der Waals surface area contributed by atoms with Gasteiger partial charge in [0.15, 0.2) is 12.3 Å². The molecule has 0 aliphatic carbocycles. The van der Waals surface area contributed by atoms with E-state index in [1.54, 1.807) is 0 Å². The molecule has 0 fully saturated rings. The van der Waals surface area contributed by atoms with Gasteiger partial charge in [0.2, 0.25) is 0 Å². The van der Waals surface area contributed by atoms with Gasteiger partial charge >= 0.3 is 12.4 Å². The average Bonchev–Trinajstić information content (AvgIpc) is 2.81. The second-order valence-corrected chi connectivity index (χ2v) is 4.80. The van der Waals surface area contributed by atoms with Gasteiger partial charge in [0.05, 0.1) is 23.4 Å². The number of nitriles is 1. The van der Waals surface area contributed by atoms with E-state index >= 15 is 0 Å². The lowest BCUT2D eigenvalue weighted by atomic mass is 9.95. The van der Waals surface area contributed by atoms with Gasteiger partial charge in [-0.15, -0.1) is 0 Å². The Kier molecular flexibility index (Phi) is 4.42. The van der Waals surface area contributed by atoms with E-state index in [9.17, 15) is 36.6 Å². The SMILES string of the molecule is N#CC1=NN(c2cncc(C(F)(F)F)c2)C(O)C1C(O)C(F)(F)F. The van der Waals surface area contributed by atoms with Gasteiger partial charge in [0, 0.05) is 6.20 Å². The Bertz CT molecular complexity index is 696. The molecule has 2 N–H and O–H groups in total. The van der Waals surface area contributed by atoms with E-state index < -0.39 is 47.6 Å². The molecule has 6 nitrogen and oxygen atoms in total. The monoisotopic (exact) mass is 354 g/mol. The highest BCUT2D eigenvalue weighted by Crippen LogP contribution is 2.36. The molecule has 0 radical (unpaired) electrons. The fourth-order valence-corrected chi connectivity index (χ4v) is 2.07. The zero-order chi connectivity index (χ0) is 18.3. The van der Waals surface area contributed by atoms with Gasteiger partial charge in [-0.1, -0.05) is 0 Å². The third-order valence-electron chi connectivity index (χ3n) is 3.21. The number of anilines is 1. The number of nitrogens with zero attached hydrogens (tertiary/aromatic N) is 4. The predicted octanol–water partition coefficient (Wildman–Crippen LogP) is 1.66. The van der Waals surface area contributed by atoms with E-state index in [4.69, 9.17) is 5.26 Å². The second-order valence-electron chi connectivity index (χ2n) is 4.80. The molecule has 2 heterocycles. The van der Waals surface area contributed by atoms with Crippen molar-refractivity contribution in [3.05, 3.63) is 24.0 Å². The van der Waals surface area contributed by atoms with Crippen LogP contribution in [0.3, 0.4) is 0 Å². The minimum absolute atomic E-state index is 0.375. The van der Waals surface area contributed by atoms with Gasteiger partial charge in [0.25, 0.3) is 0 Å². The van der Waals surface area contributed by atoms with Crippen LogP contribution >= 0.6 is 0 Å². The van der Waals surface area contributed by atoms with Crippen LogP contribution < -0.4 is 5.01 Å². The number of hydrogen-bond acceptors (Lipinski definition) is 6. The molecule has 130 valence electrons. The fraction of sp³-hybridized carbons (Fsp3) is 0.417. The molecular formula is C12H8F6N4O2. The number of aromatic nitrogens is 1. The highest BCUT2D eigenvalue weighted by molar-refractivity contribution is 6.03. The van der Waals surface area contributed by atoms with E-state index in [2.05, 4.69) is 10.1 Å². The second kappa shape index (κ2) is 5.91. The lowest BCUT2D eigenvalue weighted by Crippen LogP contribution is -2.46. The van der Waals surface area contributed by atoms with E-state index in [1.165, 1.54) is 6.07 Å². The minimum atomic E-state index is -5.16. The number of halogens is 6. The molecule has 0 saturated carbocycles. The van der Waals surface area contributed by atoms with Crippen LogP contribution in [-0.2, 0) is 6.18 Å². The van der Waals surface area contributed by atoms with Gasteiger partial charge in [-0.3, -0.25) is 4.98 Å². The highest BCUT2D eigenvalue weighted by Gasteiger charge is 2.52. The van der Waals surface area contributed by atoms with Gasteiger partial charge in [-0.2, -0.15) is 36.7 Å². The quantitative estimate of drug-likeness (QED) is 0.788. The molecule has 2 rings (SSSR count). The Balaban J connectivity index is 2.41. The lowest BCUT2D eigenvalue weighted by Gasteiger charge is -2.26. The van der Waals surface area contributed by atoms with Crippen LogP contribution in [0.25, 0.3) is 0 Å². The first-order valence-electron chi connectivity index (χ1n) is 6.19. The molecule has 0 amide bonds. The molecule has 1 aromatic heterocycles. The number of aliphatic hydroxyl groups is 2. The number of alkyl halides is 6. The van der Waals surface area contributed by atoms with Crippen molar-refractivity contribution in [3.63, 3.8) is 0 Å². The summed E-state index contributed by atoms with van der Waals surface area (Å²) < 4.78 is 75.9. The summed E-state index contributed by atoms with van der Waals surface area (Å²) in [6, 6.07) is 1.78. The highest BCUT2D eigenvalue weighted by atomic mass is 19.4. The molecular weight excluding hydrogens is 346 g/mol. The summed E-state index contributed by atoms with van der Waals surface area (Å²) in [5.41, 5.74) is -2.58. The minimum Gasteiger partial charge on any atom is -0.383 e. The molecule has 0 saturated heterocycles. The zero-order valence-corrected chi connectivity index (χ0v) is 11.4. The summed E-state index contributed by atoms with van der Waals surface area (Å²) in [6.45, 7) is 0. The summed E-state index contributed by atoms with van der Waals surface area (Å²) in [4.78, 5) is 3.29. The topological polar surface area (TPSA) is 92.7 Å². The summed E-state index contributed by atoms with van der Waals surface area (Å²) >= 11 is 0. The number of aliphatic hydroxyl groups excluding tert-OH is 2. The number of pyridine rings is 1. The molecule has 3 unspecified atom stereocenters. The van der Waals surface area contributed by atoms with Gasteiger partial charge in [-0.05, 0) is 6.07 Å². The number of hydrogen-bond donors (Lipinski definition) is 2. The summed E-state index contributed by atoms with van der Waals surface area (Å²) in [5.74, 6) is -2.16. The van der Waals surface area contributed by atoms with Crippen LogP contribution in [-0.4, -0.2) is 39.4 Å². The van der Waals surface area contributed by atoms with Crippen molar-refractivity contribution in [1.82, 2.24) is 4.98 Å². The van der Waals surface area contributed by atoms with E-state index in [0.29, 0.717) is 17.3 Å². The fourth-order valence-electron chi connectivity index (χ4n) is 2.07. The maximum atomic E-state index is 12.7. The van der Waals surface area contributed by atoms with Crippen molar-refractivity contribution in [2.24, 2.45) is 11.0 Å². The van der Waals surface area contributed by atoms with Gasteiger partial charge in [0.1, 0.15) is 11.8 Å². The maximum Gasteiger partial charge on any atom is 0.417 e. The van der Waals surface area contributed by atoms with E-state index in [1.807, 2.05) is 0 Å². The normalized spacial score (nSPS) is 23.0. The molecule has 0 spiro atoms. The Labute approximate surface area is 130 Å². The first-order valence-corrected chi connectivity index (χ1v) is 6.19. The first kappa shape index (κ1) is 18.0. The predicted molar refractivity (Wildman–Crippen MR) is 66.3 cm³/mol. The molecule has 1 aromatic rings. The first-order chi connectivity index (χ1) is 11.0. The third kappa shape index (κ3) is 3.26. The van der Waals surface area contributed by atoms with Crippen molar-refractivity contribution in [3.8, 4) is 6.07 Å². The van der Waals surface area contributed by atoms with E-state index in [-0.39, 0.29) is 0 Å². The van der Waals surface area contributed by atoms with Gasteiger partial charge in [-0.25, -0.2) is 5.01 Å². The van der Waals surface area contributed by atoms with Gasteiger partial charge < -0.3 is 10.2 Å². The molecule has 0 bridgehead atoms. The van der Waals surface area contributed by atoms with E-state index in [0.717, 1.165) is 6.20 Å². The van der Waals surface area contributed by atoms with Crippen LogP contribution in [0.5, 0.6) is 0 Å². The third-order valence-corrected chi connectivity index (χ3v) is 3.21.